The smallest absolute Gasteiger partial charge is 0.323 e. The molecule has 1 N–H and O–H groups in total. The van der Waals surface area contributed by atoms with E-state index in [1.54, 1.807) is 17.9 Å². The van der Waals surface area contributed by atoms with Gasteiger partial charge < -0.3 is 5.32 Å². The maximum Gasteiger partial charge on any atom is 0.433 e. The van der Waals surface area contributed by atoms with Gasteiger partial charge in [-0.3, -0.25) is 4.84 Å². The van der Waals surface area contributed by atoms with Crippen LogP contribution in [0.25, 0.3) is 0 Å². The second kappa shape index (κ2) is 4.73. The van der Waals surface area contributed by atoms with Gasteiger partial charge in [-0.2, -0.15) is 5.10 Å². The number of hydrogen-bond acceptors (Lipinski definition) is 5. The average Bonchev–Trinajstić information content (AvgIpc) is 2.65. The third kappa shape index (κ3) is 3.04. The zero-order valence-electron chi connectivity index (χ0n) is 9.76. The Morgan fingerprint density at radius 3 is 2.88 bits per heavy atom. The molecule has 1 aromatic rings. The molecule has 0 spiro atoms. The summed E-state index contributed by atoms with van der Waals surface area (Å²) in [5.41, 5.74) is -0.505. The Labute approximate surface area is 93.5 Å². The fraction of sp³-hybridized carbons (Fsp3) is 0.556. The average molecular weight is 225 g/mol. The van der Waals surface area contributed by atoms with Crippen molar-refractivity contribution >= 4 is 12.3 Å². The molecule has 0 unspecified atom stereocenters. The van der Waals surface area contributed by atoms with E-state index < -0.39 is 11.6 Å². The molecule has 0 aliphatic carbocycles. The van der Waals surface area contributed by atoms with Crippen molar-refractivity contribution in [1.82, 2.24) is 20.1 Å². The van der Waals surface area contributed by atoms with Gasteiger partial charge in [0.2, 0.25) is 0 Å². The van der Waals surface area contributed by atoms with Gasteiger partial charge in [0.15, 0.2) is 0 Å². The minimum absolute atomic E-state index is 0.505. The number of rotatable bonds is 3. The molecule has 7 nitrogen and oxygen atoms in total. The fourth-order valence-electron chi connectivity index (χ4n) is 0.931. The molecule has 1 aromatic heterocycles. The highest BCUT2D eigenvalue weighted by atomic mass is 16.7. The Balaban J connectivity index is 2.68. The maximum absolute atomic E-state index is 10.8. The quantitative estimate of drug-likeness (QED) is 0.465. The Morgan fingerprint density at radius 2 is 2.38 bits per heavy atom. The molecule has 0 aliphatic heterocycles. The summed E-state index contributed by atoms with van der Waals surface area (Å²) in [6.45, 7) is 5.54. The van der Waals surface area contributed by atoms with Gasteiger partial charge in [-0.1, -0.05) is 5.16 Å². The predicted molar refractivity (Wildman–Crippen MR) is 58.1 cm³/mol. The third-order valence-electron chi connectivity index (χ3n) is 1.91. The monoisotopic (exact) mass is 225 g/mol. The van der Waals surface area contributed by atoms with Crippen LogP contribution in [0.15, 0.2) is 11.5 Å². The van der Waals surface area contributed by atoms with Crippen LogP contribution in [-0.4, -0.2) is 34.1 Å². The first kappa shape index (κ1) is 12.2. The van der Waals surface area contributed by atoms with Gasteiger partial charge in [0, 0.05) is 7.05 Å². The van der Waals surface area contributed by atoms with Crippen LogP contribution in [0, 0.1) is 6.92 Å². The molecule has 0 bridgehead atoms. The number of amides is 1. The molecule has 16 heavy (non-hydrogen) atoms. The minimum atomic E-state index is -0.609. The van der Waals surface area contributed by atoms with Crippen molar-refractivity contribution in [2.75, 3.05) is 7.05 Å². The molecule has 7 heteroatoms. The Hall–Kier alpha value is -1.92. The first-order valence-corrected chi connectivity index (χ1v) is 4.77. The van der Waals surface area contributed by atoms with Crippen LogP contribution in [0.2, 0.25) is 0 Å². The number of hydrogen-bond donors (Lipinski definition) is 1. The summed E-state index contributed by atoms with van der Waals surface area (Å²) >= 11 is 0. The van der Waals surface area contributed by atoms with Crippen molar-refractivity contribution in [3.8, 4) is 0 Å². The van der Waals surface area contributed by atoms with Gasteiger partial charge in [-0.25, -0.2) is 14.5 Å². The molecular formula is C9H15N5O2. The number of aryl methyl sites for hydroxylation is 1. The van der Waals surface area contributed by atoms with Crippen LogP contribution in [0.1, 0.15) is 19.7 Å². The first-order chi connectivity index (χ1) is 7.45. The second-order valence-electron chi connectivity index (χ2n) is 3.75. The van der Waals surface area contributed by atoms with Gasteiger partial charge in [0.25, 0.3) is 0 Å². The van der Waals surface area contributed by atoms with Gasteiger partial charge in [0.1, 0.15) is 12.2 Å². The second-order valence-corrected chi connectivity index (χ2v) is 3.75. The minimum Gasteiger partial charge on any atom is -0.323 e. The molecule has 1 rings (SSSR count). The number of nitrogens with zero attached hydrogens (tertiary/aromatic N) is 4. The highest BCUT2D eigenvalue weighted by molar-refractivity contribution is 5.70. The molecular weight excluding hydrogens is 210 g/mol. The number of aromatic nitrogens is 3. The lowest BCUT2D eigenvalue weighted by Crippen LogP contribution is -2.29. The molecule has 88 valence electrons. The third-order valence-corrected chi connectivity index (χ3v) is 1.91. The largest absolute Gasteiger partial charge is 0.433 e. The van der Waals surface area contributed by atoms with Gasteiger partial charge in [-0.15, -0.1) is 0 Å². The SMILES string of the molecule is CNC(=O)ON=CC(C)(C)n1cnc(C)n1. The van der Waals surface area contributed by atoms with E-state index in [-0.39, 0.29) is 0 Å². The number of nitrogens with one attached hydrogen (secondary N) is 1. The lowest BCUT2D eigenvalue weighted by Gasteiger charge is -2.18. The van der Waals surface area contributed by atoms with Gasteiger partial charge >= 0.3 is 6.09 Å². The Morgan fingerprint density at radius 1 is 1.69 bits per heavy atom. The summed E-state index contributed by atoms with van der Waals surface area (Å²) < 4.78 is 1.64. The number of carbonyl (C=O) groups is 1. The molecule has 0 saturated heterocycles. The molecule has 1 heterocycles. The molecule has 0 saturated carbocycles. The van der Waals surface area contributed by atoms with E-state index in [1.165, 1.54) is 13.3 Å². The Bertz CT molecular complexity index is 396. The zero-order valence-corrected chi connectivity index (χ0v) is 9.76. The zero-order chi connectivity index (χ0) is 12.2. The lowest BCUT2D eigenvalue weighted by atomic mass is 10.1. The van der Waals surface area contributed by atoms with E-state index in [0.29, 0.717) is 5.82 Å². The van der Waals surface area contributed by atoms with Crippen molar-refractivity contribution in [1.29, 1.82) is 0 Å². The fourth-order valence-corrected chi connectivity index (χ4v) is 0.931. The summed E-state index contributed by atoms with van der Waals surface area (Å²) in [5.74, 6) is 0.675. The highest BCUT2D eigenvalue weighted by Crippen LogP contribution is 2.10. The molecule has 1 amide bonds. The predicted octanol–water partition coefficient (Wildman–Crippen LogP) is 0.663. The van der Waals surface area contributed by atoms with Crippen LogP contribution in [0.5, 0.6) is 0 Å². The summed E-state index contributed by atoms with van der Waals surface area (Å²) in [7, 11) is 1.46. The standard InChI is InChI=1S/C9H15N5O2/c1-7-11-6-14(13-7)9(2,3)5-12-16-8(15)10-4/h5-6H,1-4H3,(H,10,15). The normalized spacial score (nSPS) is 11.8. The van der Waals surface area contributed by atoms with E-state index in [4.69, 9.17) is 0 Å². The van der Waals surface area contributed by atoms with Crippen molar-refractivity contribution < 1.29 is 9.63 Å². The molecule has 0 fully saturated rings. The molecule has 0 radical (unpaired) electrons. The first-order valence-electron chi connectivity index (χ1n) is 4.77. The Kier molecular flexibility index (Phi) is 3.60. The summed E-state index contributed by atoms with van der Waals surface area (Å²) in [6.07, 6.45) is 2.47. The van der Waals surface area contributed by atoms with E-state index in [2.05, 4.69) is 25.4 Å². The van der Waals surface area contributed by atoms with Gasteiger partial charge in [0.05, 0.1) is 11.8 Å². The number of carbonyl (C=O) groups excluding carboxylic acids is 1. The summed E-state index contributed by atoms with van der Waals surface area (Å²) in [6, 6.07) is 0. The summed E-state index contributed by atoms with van der Waals surface area (Å²) in [5, 5.41) is 10.0. The topological polar surface area (TPSA) is 81.4 Å². The molecule has 0 aromatic carbocycles. The van der Waals surface area contributed by atoms with Crippen LogP contribution < -0.4 is 5.32 Å². The van der Waals surface area contributed by atoms with E-state index >= 15 is 0 Å². The van der Waals surface area contributed by atoms with Gasteiger partial charge in [-0.05, 0) is 20.8 Å². The van der Waals surface area contributed by atoms with E-state index in [0.717, 1.165) is 0 Å². The molecule has 0 aliphatic rings. The van der Waals surface area contributed by atoms with Crippen LogP contribution in [0.4, 0.5) is 4.79 Å². The van der Waals surface area contributed by atoms with E-state index in [9.17, 15) is 4.79 Å². The number of oxime groups is 1. The van der Waals surface area contributed by atoms with Crippen molar-refractivity contribution in [2.45, 2.75) is 26.3 Å². The van der Waals surface area contributed by atoms with Crippen molar-refractivity contribution in [3.05, 3.63) is 12.2 Å². The van der Waals surface area contributed by atoms with Crippen LogP contribution in [0.3, 0.4) is 0 Å². The molecule has 0 atom stereocenters. The van der Waals surface area contributed by atoms with E-state index in [1.807, 2.05) is 13.8 Å². The van der Waals surface area contributed by atoms with Crippen molar-refractivity contribution in [3.63, 3.8) is 0 Å². The van der Waals surface area contributed by atoms with Crippen LogP contribution >= 0.6 is 0 Å². The van der Waals surface area contributed by atoms with Crippen molar-refractivity contribution in [2.24, 2.45) is 5.16 Å². The lowest BCUT2D eigenvalue weighted by molar-refractivity contribution is 0.152. The maximum atomic E-state index is 10.8. The highest BCUT2D eigenvalue weighted by Gasteiger charge is 2.19. The summed E-state index contributed by atoms with van der Waals surface area (Å²) in [4.78, 5) is 19.3. The van der Waals surface area contributed by atoms with Crippen LogP contribution in [-0.2, 0) is 10.4 Å².